The zero-order valence-electron chi connectivity index (χ0n) is 16.4. The molecule has 0 aliphatic carbocycles. The maximum Gasteiger partial charge on any atom is 0.417 e. The molecule has 3 rings (SSSR count). The molecule has 168 valence electrons. The molecule has 0 fully saturated rings. The lowest BCUT2D eigenvalue weighted by atomic mass is 10.2. The van der Waals surface area contributed by atoms with Crippen molar-refractivity contribution in [3.63, 3.8) is 0 Å². The number of benzene rings is 2. The van der Waals surface area contributed by atoms with E-state index in [1.807, 2.05) is 0 Å². The first-order valence-corrected chi connectivity index (χ1v) is 10.4. The number of nitrogens with zero attached hydrogens (tertiary/aromatic N) is 2. The van der Waals surface area contributed by atoms with E-state index < -0.39 is 49.7 Å². The van der Waals surface area contributed by atoms with Gasteiger partial charge in [-0.1, -0.05) is 30.3 Å². The standard InChI is InChI=1S/C20H15F3N2O6S/c1-2-30-19(27)18-15(12-17(26)25(24-18)13-8-4-3-5-9-13)31-32(28,29)16-11-7-6-10-14(16)20(21,22)23/h3-12H,2H2,1H3. The van der Waals surface area contributed by atoms with Gasteiger partial charge >= 0.3 is 22.3 Å². The molecular weight excluding hydrogens is 453 g/mol. The zero-order chi connectivity index (χ0) is 23.5. The van der Waals surface area contributed by atoms with Crippen molar-refractivity contribution in [3.05, 3.63) is 82.3 Å². The molecule has 3 aromatic rings. The molecular formula is C20H15F3N2O6S. The van der Waals surface area contributed by atoms with Crippen LogP contribution < -0.4 is 9.74 Å². The number of aromatic nitrogens is 2. The quantitative estimate of drug-likeness (QED) is 0.404. The summed E-state index contributed by atoms with van der Waals surface area (Å²) in [6.07, 6.45) is -4.99. The molecule has 0 unspecified atom stereocenters. The minimum atomic E-state index is -5.11. The van der Waals surface area contributed by atoms with Crippen molar-refractivity contribution in [2.24, 2.45) is 0 Å². The molecule has 0 amide bonds. The summed E-state index contributed by atoms with van der Waals surface area (Å²) < 4.78 is 75.5. The molecule has 8 nitrogen and oxygen atoms in total. The Bertz CT molecular complexity index is 1300. The van der Waals surface area contributed by atoms with Gasteiger partial charge in [-0.25, -0.2) is 4.79 Å². The van der Waals surface area contributed by atoms with Crippen molar-refractivity contribution in [3.8, 4) is 11.4 Å². The number of halogens is 3. The number of carbonyl (C=O) groups is 1. The van der Waals surface area contributed by atoms with Crippen molar-refractivity contribution in [1.82, 2.24) is 9.78 Å². The van der Waals surface area contributed by atoms with Crippen molar-refractivity contribution >= 4 is 16.1 Å². The molecule has 1 heterocycles. The predicted octanol–water partition coefficient (Wildman–Crippen LogP) is 3.20. The molecule has 0 aliphatic heterocycles. The SMILES string of the molecule is CCOC(=O)c1nn(-c2ccccc2)c(=O)cc1OS(=O)(=O)c1ccccc1C(F)(F)F. The summed E-state index contributed by atoms with van der Waals surface area (Å²) in [7, 11) is -5.11. The van der Waals surface area contributed by atoms with Crippen LogP contribution >= 0.6 is 0 Å². The van der Waals surface area contributed by atoms with E-state index >= 15 is 0 Å². The summed E-state index contributed by atoms with van der Waals surface area (Å²) in [5, 5.41) is 3.83. The first-order chi connectivity index (χ1) is 15.0. The monoisotopic (exact) mass is 468 g/mol. The fraction of sp³-hybridized carbons (Fsp3) is 0.150. The molecule has 1 aromatic heterocycles. The molecule has 0 bridgehead atoms. The fourth-order valence-electron chi connectivity index (χ4n) is 2.68. The number of rotatable bonds is 6. The van der Waals surface area contributed by atoms with Gasteiger partial charge in [0.2, 0.25) is 5.69 Å². The van der Waals surface area contributed by atoms with Gasteiger partial charge in [0.1, 0.15) is 4.90 Å². The molecule has 0 saturated heterocycles. The predicted molar refractivity (Wildman–Crippen MR) is 105 cm³/mol. The first-order valence-electron chi connectivity index (χ1n) is 9.02. The summed E-state index contributed by atoms with van der Waals surface area (Å²) >= 11 is 0. The normalized spacial score (nSPS) is 11.8. The van der Waals surface area contributed by atoms with Crippen LogP contribution in [0, 0.1) is 0 Å². The Kier molecular flexibility index (Phi) is 6.35. The summed E-state index contributed by atoms with van der Waals surface area (Å²) in [5.74, 6) is -2.00. The van der Waals surface area contributed by atoms with Crippen LogP contribution in [0.3, 0.4) is 0 Å². The molecule has 0 spiro atoms. The van der Waals surface area contributed by atoms with Gasteiger partial charge in [-0.05, 0) is 31.2 Å². The number of ether oxygens (including phenoxy) is 1. The fourth-order valence-corrected chi connectivity index (χ4v) is 3.83. The summed E-state index contributed by atoms with van der Waals surface area (Å²) in [6.45, 7) is 1.36. The second-order valence-corrected chi connectivity index (χ2v) is 7.71. The molecule has 0 aliphatic rings. The average Bonchev–Trinajstić information content (AvgIpc) is 2.74. The third-order valence-electron chi connectivity index (χ3n) is 4.03. The highest BCUT2D eigenvalue weighted by Gasteiger charge is 2.38. The highest BCUT2D eigenvalue weighted by atomic mass is 32.2. The lowest BCUT2D eigenvalue weighted by Gasteiger charge is -2.15. The van der Waals surface area contributed by atoms with Crippen LogP contribution in [-0.2, 0) is 21.0 Å². The maximum absolute atomic E-state index is 13.3. The van der Waals surface area contributed by atoms with Crippen LogP contribution in [0.1, 0.15) is 23.0 Å². The van der Waals surface area contributed by atoms with Crippen molar-refractivity contribution in [2.45, 2.75) is 18.0 Å². The van der Waals surface area contributed by atoms with E-state index in [1.54, 1.807) is 18.2 Å². The van der Waals surface area contributed by atoms with Gasteiger partial charge in [0.05, 0.1) is 23.9 Å². The number of hydrogen-bond acceptors (Lipinski definition) is 7. The first kappa shape index (κ1) is 23.0. The number of alkyl halides is 3. The Labute approximate surface area is 180 Å². The van der Waals surface area contributed by atoms with Gasteiger partial charge in [0, 0.05) is 0 Å². The lowest BCUT2D eigenvalue weighted by molar-refractivity contribution is -0.139. The molecule has 12 heteroatoms. The summed E-state index contributed by atoms with van der Waals surface area (Å²) in [5.41, 5.74) is -2.81. The lowest BCUT2D eigenvalue weighted by Crippen LogP contribution is -2.26. The van der Waals surface area contributed by atoms with Gasteiger partial charge in [0.15, 0.2) is 5.75 Å². The number of carbonyl (C=O) groups excluding carboxylic acids is 1. The zero-order valence-corrected chi connectivity index (χ0v) is 17.2. The minimum absolute atomic E-state index is 0.117. The van der Waals surface area contributed by atoms with Crippen molar-refractivity contribution in [1.29, 1.82) is 0 Å². The molecule has 0 atom stereocenters. The van der Waals surface area contributed by atoms with E-state index in [-0.39, 0.29) is 12.3 Å². The second-order valence-electron chi connectivity index (χ2n) is 6.19. The van der Waals surface area contributed by atoms with Gasteiger partial charge in [-0.2, -0.15) is 31.4 Å². The topological polar surface area (TPSA) is 105 Å². The smallest absolute Gasteiger partial charge is 0.417 e. The third kappa shape index (κ3) is 4.80. The summed E-state index contributed by atoms with van der Waals surface area (Å²) in [4.78, 5) is 23.7. The molecule has 32 heavy (non-hydrogen) atoms. The Morgan fingerprint density at radius 3 is 2.31 bits per heavy atom. The van der Waals surface area contributed by atoms with Gasteiger partial charge in [0.25, 0.3) is 5.56 Å². The summed E-state index contributed by atoms with van der Waals surface area (Å²) in [6, 6.07) is 11.8. The molecule has 0 saturated carbocycles. The average molecular weight is 468 g/mol. The Morgan fingerprint density at radius 1 is 1.06 bits per heavy atom. The largest absolute Gasteiger partial charge is 0.461 e. The van der Waals surface area contributed by atoms with Crippen molar-refractivity contribution < 1.29 is 35.3 Å². The highest BCUT2D eigenvalue weighted by molar-refractivity contribution is 7.87. The number of hydrogen-bond donors (Lipinski definition) is 0. The van der Waals surface area contributed by atoms with Crippen LogP contribution in [0.5, 0.6) is 5.75 Å². The van der Waals surface area contributed by atoms with E-state index in [1.165, 1.54) is 19.1 Å². The minimum Gasteiger partial charge on any atom is -0.461 e. The van der Waals surface area contributed by atoms with E-state index in [2.05, 4.69) is 5.10 Å². The van der Waals surface area contributed by atoms with Gasteiger partial charge < -0.3 is 8.92 Å². The maximum atomic E-state index is 13.3. The van der Waals surface area contributed by atoms with Crippen molar-refractivity contribution in [2.75, 3.05) is 6.61 Å². The van der Waals surface area contributed by atoms with Gasteiger partial charge in [-0.15, -0.1) is 0 Å². The number of para-hydroxylation sites is 1. The molecule has 0 radical (unpaired) electrons. The van der Waals surface area contributed by atoms with Crippen LogP contribution in [0.4, 0.5) is 13.2 Å². The van der Waals surface area contributed by atoms with Crippen LogP contribution in [0.15, 0.2) is 70.4 Å². The van der Waals surface area contributed by atoms with Crippen LogP contribution in [-0.4, -0.2) is 30.8 Å². The number of esters is 1. The molecule has 0 N–H and O–H groups in total. The van der Waals surface area contributed by atoms with Gasteiger partial charge in [-0.3, -0.25) is 4.79 Å². The van der Waals surface area contributed by atoms with E-state index in [0.717, 1.165) is 16.8 Å². The Morgan fingerprint density at radius 2 is 1.69 bits per heavy atom. The highest BCUT2D eigenvalue weighted by Crippen LogP contribution is 2.35. The second kappa shape index (κ2) is 8.83. The van der Waals surface area contributed by atoms with E-state index in [9.17, 15) is 31.2 Å². The third-order valence-corrected chi connectivity index (χ3v) is 5.32. The van der Waals surface area contributed by atoms with E-state index in [4.69, 9.17) is 8.92 Å². The van der Waals surface area contributed by atoms with Crippen LogP contribution in [0.2, 0.25) is 0 Å². The Balaban J connectivity index is 2.15. The van der Waals surface area contributed by atoms with Crippen LogP contribution in [0.25, 0.3) is 5.69 Å². The Hall–Kier alpha value is -3.67. The molecule has 2 aromatic carbocycles. The van der Waals surface area contributed by atoms with E-state index in [0.29, 0.717) is 18.2 Å².